The lowest BCUT2D eigenvalue weighted by Crippen LogP contribution is -2.51. The molecule has 2 saturated heterocycles. The topological polar surface area (TPSA) is 32.8 Å². The predicted molar refractivity (Wildman–Crippen MR) is 76.3 cm³/mol. The maximum Gasteiger partial charge on any atom is 0.138 e. The van der Waals surface area contributed by atoms with E-state index in [1.165, 1.54) is 0 Å². The van der Waals surface area contributed by atoms with Gasteiger partial charge in [-0.1, -0.05) is 6.92 Å². The standard InChI is InChI=1S/C15H28N2O2/c1-4-13-9-16(6-5-15(13)18)10-14-11-17(12(2)3)7-8-19-14/h12-14H,4-11H2,1-3H3. The maximum atomic E-state index is 11.7. The molecule has 2 rings (SSSR count). The van der Waals surface area contributed by atoms with Gasteiger partial charge in [-0.25, -0.2) is 0 Å². The van der Waals surface area contributed by atoms with E-state index in [1.54, 1.807) is 0 Å². The van der Waals surface area contributed by atoms with Gasteiger partial charge in [0.25, 0.3) is 0 Å². The van der Waals surface area contributed by atoms with E-state index < -0.39 is 0 Å². The maximum absolute atomic E-state index is 11.7. The Kier molecular flexibility index (Phi) is 5.37. The van der Waals surface area contributed by atoms with Crippen molar-refractivity contribution >= 4 is 5.78 Å². The molecule has 19 heavy (non-hydrogen) atoms. The van der Waals surface area contributed by atoms with Crippen LogP contribution in [0.3, 0.4) is 0 Å². The molecule has 0 aliphatic carbocycles. The van der Waals surface area contributed by atoms with Gasteiger partial charge in [-0.3, -0.25) is 14.6 Å². The number of ketones is 1. The molecule has 0 aromatic heterocycles. The van der Waals surface area contributed by atoms with Crippen molar-refractivity contribution in [2.24, 2.45) is 5.92 Å². The molecule has 0 N–H and O–H groups in total. The van der Waals surface area contributed by atoms with Gasteiger partial charge in [-0.2, -0.15) is 0 Å². The minimum Gasteiger partial charge on any atom is -0.374 e. The molecule has 2 fully saturated rings. The fraction of sp³-hybridized carbons (Fsp3) is 0.933. The highest BCUT2D eigenvalue weighted by Gasteiger charge is 2.29. The summed E-state index contributed by atoms with van der Waals surface area (Å²) >= 11 is 0. The third kappa shape index (κ3) is 4.01. The molecule has 0 aromatic rings. The van der Waals surface area contributed by atoms with E-state index in [0.29, 0.717) is 17.9 Å². The van der Waals surface area contributed by atoms with Gasteiger partial charge in [0.05, 0.1) is 12.7 Å². The number of hydrogen-bond donors (Lipinski definition) is 0. The summed E-state index contributed by atoms with van der Waals surface area (Å²) in [6.07, 6.45) is 2.00. The van der Waals surface area contributed by atoms with Gasteiger partial charge in [0.2, 0.25) is 0 Å². The number of carbonyl (C=O) groups excluding carboxylic acids is 1. The van der Waals surface area contributed by atoms with Crippen molar-refractivity contribution in [1.82, 2.24) is 9.80 Å². The van der Waals surface area contributed by atoms with Gasteiger partial charge in [0.1, 0.15) is 5.78 Å². The lowest BCUT2D eigenvalue weighted by atomic mass is 9.94. The summed E-state index contributed by atoms with van der Waals surface area (Å²) in [5.74, 6) is 0.700. The highest BCUT2D eigenvalue weighted by atomic mass is 16.5. The first kappa shape index (κ1) is 14.9. The summed E-state index contributed by atoms with van der Waals surface area (Å²) < 4.78 is 5.89. The summed E-state index contributed by atoms with van der Waals surface area (Å²) in [4.78, 5) is 16.6. The van der Waals surface area contributed by atoms with E-state index in [-0.39, 0.29) is 5.92 Å². The van der Waals surface area contributed by atoms with Crippen molar-refractivity contribution in [3.8, 4) is 0 Å². The van der Waals surface area contributed by atoms with Gasteiger partial charge >= 0.3 is 0 Å². The number of carbonyl (C=O) groups is 1. The molecule has 110 valence electrons. The average molecular weight is 268 g/mol. The second-order valence-corrected chi connectivity index (χ2v) is 6.16. The SMILES string of the molecule is CCC1CN(CC2CN(C(C)C)CCO2)CCC1=O. The Balaban J connectivity index is 1.82. The molecule has 2 aliphatic rings. The third-order valence-electron chi connectivity index (χ3n) is 4.46. The first-order valence-electron chi connectivity index (χ1n) is 7.70. The minimum absolute atomic E-state index is 0.249. The van der Waals surface area contributed by atoms with Crippen molar-refractivity contribution in [2.45, 2.75) is 45.8 Å². The number of morpholine rings is 1. The van der Waals surface area contributed by atoms with Gasteiger partial charge in [-0.15, -0.1) is 0 Å². The minimum atomic E-state index is 0.249. The molecule has 4 heteroatoms. The van der Waals surface area contributed by atoms with E-state index in [2.05, 4.69) is 30.6 Å². The van der Waals surface area contributed by atoms with Crippen LogP contribution in [0.15, 0.2) is 0 Å². The van der Waals surface area contributed by atoms with Crippen molar-refractivity contribution in [2.75, 3.05) is 39.3 Å². The van der Waals surface area contributed by atoms with Crippen molar-refractivity contribution in [1.29, 1.82) is 0 Å². The normalized spacial score (nSPS) is 31.1. The van der Waals surface area contributed by atoms with Gasteiger partial charge in [0.15, 0.2) is 0 Å². The van der Waals surface area contributed by atoms with E-state index in [9.17, 15) is 4.79 Å². The second kappa shape index (κ2) is 6.82. The van der Waals surface area contributed by atoms with Crippen LogP contribution in [0.4, 0.5) is 0 Å². The molecule has 2 unspecified atom stereocenters. The van der Waals surface area contributed by atoms with Crippen LogP contribution in [-0.2, 0) is 9.53 Å². The fourth-order valence-electron chi connectivity index (χ4n) is 3.11. The van der Waals surface area contributed by atoms with Crippen LogP contribution in [0, 0.1) is 5.92 Å². The molecule has 2 heterocycles. The van der Waals surface area contributed by atoms with Crippen LogP contribution in [0.25, 0.3) is 0 Å². The Labute approximate surface area is 117 Å². The number of likely N-dealkylation sites (tertiary alicyclic amines) is 1. The smallest absolute Gasteiger partial charge is 0.138 e. The van der Waals surface area contributed by atoms with Gasteiger partial charge < -0.3 is 4.74 Å². The van der Waals surface area contributed by atoms with E-state index in [0.717, 1.165) is 52.2 Å². The lowest BCUT2D eigenvalue weighted by Gasteiger charge is -2.39. The predicted octanol–water partition coefficient (Wildman–Crippen LogP) is 1.40. The lowest BCUT2D eigenvalue weighted by molar-refractivity contribution is -0.127. The van der Waals surface area contributed by atoms with Crippen LogP contribution in [-0.4, -0.2) is 67.1 Å². The van der Waals surface area contributed by atoms with Crippen LogP contribution in [0.1, 0.15) is 33.6 Å². The average Bonchev–Trinajstić information content (AvgIpc) is 2.41. The first-order valence-corrected chi connectivity index (χ1v) is 7.70. The summed E-state index contributed by atoms with van der Waals surface area (Å²) in [6.45, 7) is 12.3. The Bertz CT molecular complexity index is 307. The zero-order chi connectivity index (χ0) is 13.8. The van der Waals surface area contributed by atoms with Crippen molar-refractivity contribution < 1.29 is 9.53 Å². The van der Waals surface area contributed by atoms with Crippen LogP contribution in [0.5, 0.6) is 0 Å². The highest BCUT2D eigenvalue weighted by Crippen LogP contribution is 2.18. The molecule has 4 nitrogen and oxygen atoms in total. The number of Topliss-reactive ketones (excluding diaryl/α,β-unsaturated/α-hetero) is 1. The number of ether oxygens (including phenoxy) is 1. The number of rotatable bonds is 4. The zero-order valence-corrected chi connectivity index (χ0v) is 12.6. The molecular weight excluding hydrogens is 240 g/mol. The monoisotopic (exact) mass is 268 g/mol. The molecule has 0 aromatic carbocycles. The van der Waals surface area contributed by atoms with E-state index in [1.807, 2.05) is 0 Å². The molecule has 0 radical (unpaired) electrons. The second-order valence-electron chi connectivity index (χ2n) is 6.16. The largest absolute Gasteiger partial charge is 0.374 e. The molecule has 0 saturated carbocycles. The summed E-state index contributed by atoms with van der Waals surface area (Å²) in [5, 5.41) is 0. The molecule has 0 spiro atoms. The fourth-order valence-corrected chi connectivity index (χ4v) is 3.11. The Morgan fingerprint density at radius 2 is 2.11 bits per heavy atom. The van der Waals surface area contributed by atoms with Crippen LogP contribution >= 0.6 is 0 Å². The first-order chi connectivity index (χ1) is 9.10. The summed E-state index contributed by atoms with van der Waals surface area (Å²) in [5.41, 5.74) is 0. The number of nitrogens with zero attached hydrogens (tertiary/aromatic N) is 2. The summed E-state index contributed by atoms with van der Waals surface area (Å²) in [7, 11) is 0. The Morgan fingerprint density at radius 1 is 1.32 bits per heavy atom. The van der Waals surface area contributed by atoms with Gasteiger partial charge in [-0.05, 0) is 20.3 Å². The van der Waals surface area contributed by atoms with E-state index in [4.69, 9.17) is 4.74 Å². The third-order valence-corrected chi connectivity index (χ3v) is 4.46. The molecule has 0 amide bonds. The number of hydrogen-bond acceptors (Lipinski definition) is 4. The molecular formula is C15H28N2O2. The van der Waals surface area contributed by atoms with E-state index >= 15 is 0 Å². The molecule has 2 aliphatic heterocycles. The highest BCUT2D eigenvalue weighted by molar-refractivity contribution is 5.82. The van der Waals surface area contributed by atoms with Crippen molar-refractivity contribution in [3.63, 3.8) is 0 Å². The molecule has 0 bridgehead atoms. The summed E-state index contributed by atoms with van der Waals surface area (Å²) in [6, 6.07) is 0.595. The van der Waals surface area contributed by atoms with Crippen molar-refractivity contribution in [3.05, 3.63) is 0 Å². The Hall–Kier alpha value is -0.450. The number of piperidine rings is 1. The van der Waals surface area contributed by atoms with Crippen LogP contribution < -0.4 is 0 Å². The van der Waals surface area contributed by atoms with Gasteiger partial charge in [0, 0.05) is 51.1 Å². The zero-order valence-electron chi connectivity index (χ0n) is 12.6. The molecule has 2 atom stereocenters. The quantitative estimate of drug-likeness (QED) is 0.771. The Morgan fingerprint density at radius 3 is 2.79 bits per heavy atom. The van der Waals surface area contributed by atoms with Crippen LogP contribution in [0.2, 0.25) is 0 Å².